The summed E-state index contributed by atoms with van der Waals surface area (Å²) >= 11 is 2.86. The molecule has 0 amide bonds. The number of carbonyl (C=O) groups is 1. The van der Waals surface area contributed by atoms with Crippen molar-refractivity contribution < 1.29 is 9.53 Å². The van der Waals surface area contributed by atoms with E-state index >= 15 is 0 Å². The van der Waals surface area contributed by atoms with Gasteiger partial charge in [0, 0.05) is 4.88 Å². The van der Waals surface area contributed by atoms with Crippen LogP contribution in [-0.4, -0.2) is 38.9 Å². The number of thioether (sulfide) groups is 1. The van der Waals surface area contributed by atoms with E-state index in [2.05, 4.69) is 22.4 Å². The first kappa shape index (κ1) is 16.7. The Labute approximate surface area is 147 Å². The lowest BCUT2D eigenvalue weighted by atomic mass is 10.3. The van der Waals surface area contributed by atoms with Crippen LogP contribution < -0.4 is 4.74 Å². The van der Waals surface area contributed by atoms with Crippen LogP contribution in [0.5, 0.6) is 5.75 Å². The molecule has 0 radical (unpaired) electrons. The van der Waals surface area contributed by atoms with Gasteiger partial charge >= 0.3 is 0 Å². The van der Waals surface area contributed by atoms with Crippen LogP contribution in [-0.2, 0) is 6.42 Å². The number of thiophene rings is 1. The smallest absolute Gasteiger partial charge is 0.214 e. The summed E-state index contributed by atoms with van der Waals surface area (Å²) in [7, 11) is 1.60. The fraction of sp³-hybridized carbons (Fsp3) is 0.250. The molecule has 2 heterocycles. The molecule has 24 heavy (non-hydrogen) atoms. The number of hydrogen-bond donors (Lipinski definition) is 0. The largest absolute Gasteiger partial charge is 0.494 e. The van der Waals surface area contributed by atoms with Gasteiger partial charge in [-0.2, -0.15) is 4.68 Å². The van der Waals surface area contributed by atoms with Crippen molar-refractivity contribution in [2.24, 2.45) is 0 Å². The van der Waals surface area contributed by atoms with E-state index in [4.69, 9.17) is 4.74 Å². The average molecular weight is 360 g/mol. The number of tetrazole rings is 1. The molecule has 6 nitrogen and oxygen atoms in total. The molecule has 0 N–H and O–H groups in total. The van der Waals surface area contributed by atoms with Crippen LogP contribution in [0.2, 0.25) is 0 Å². The highest BCUT2D eigenvalue weighted by molar-refractivity contribution is 7.99. The Hall–Kier alpha value is -2.19. The Morgan fingerprint density at radius 2 is 2.12 bits per heavy atom. The summed E-state index contributed by atoms with van der Waals surface area (Å²) in [5.74, 6) is 1.04. The van der Waals surface area contributed by atoms with Gasteiger partial charge in [-0.25, -0.2) is 0 Å². The average Bonchev–Trinajstić information content (AvgIpc) is 3.28. The number of carbonyl (C=O) groups excluding carboxylic acids is 1. The molecule has 1 aromatic carbocycles. The molecule has 0 saturated heterocycles. The minimum Gasteiger partial charge on any atom is -0.494 e. The molecule has 8 heteroatoms. The van der Waals surface area contributed by atoms with E-state index in [0.29, 0.717) is 16.7 Å². The molecule has 0 saturated carbocycles. The van der Waals surface area contributed by atoms with Crippen molar-refractivity contribution >= 4 is 28.9 Å². The van der Waals surface area contributed by atoms with Gasteiger partial charge in [0.05, 0.1) is 17.7 Å². The zero-order valence-corrected chi connectivity index (χ0v) is 14.9. The van der Waals surface area contributed by atoms with Crippen LogP contribution in [0.1, 0.15) is 21.5 Å². The molecule has 0 aliphatic rings. The first-order valence-corrected chi connectivity index (χ1v) is 9.19. The quantitative estimate of drug-likeness (QED) is 0.476. The lowest BCUT2D eigenvalue weighted by Crippen LogP contribution is -2.04. The highest BCUT2D eigenvalue weighted by atomic mass is 32.2. The van der Waals surface area contributed by atoms with Gasteiger partial charge in [0.15, 0.2) is 5.78 Å². The van der Waals surface area contributed by atoms with Crippen molar-refractivity contribution in [1.82, 2.24) is 20.2 Å². The number of para-hydroxylation sites is 2. The second kappa shape index (κ2) is 7.59. The third-order valence-corrected chi connectivity index (χ3v) is 5.56. The second-order valence-electron chi connectivity index (χ2n) is 4.88. The molecule has 2 aromatic heterocycles. The monoisotopic (exact) mass is 360 g/mol. The molecular weight excluding hydrogens is 344 g/mol. The molecule has 0 aliphatic heterocycles. The normalized spacial score (nSPS) is 10.8. The van der Waals surface area contributed by atoms with Gasteiger partial charge in [0.1, 0.15) is 11.4 Å². The predicted octanol–water partition coefficient (Wildman–Crippen LogP) is 3.27. The van der Waals surface area contributed by atoms with Gasteiger partial charge < -0.3 is 4.74 Å². The highest BCUT2D eigenvalue weighted by Crippen LogP contribution is 2.26. The van der Waals surface area contributed by atoms with E-state index in [1.54, 1.807) is 23.1 Å². The maximum absolute atomic E-state index is 12.3. The number of aryl methyl sites for hydroxylation is 1. The number of ketones is 1. The van der Waals surface area contributed by atoms with Crippen molar-refractivity contribution in [3.63, 3.8) is 0 Å². The molecule has 3 rings (SSSR count). The number of benzene rings is 1. The summed E-state index contributed by atoms with van der Waals surface area (Å²) in [5, 5.41) is 12.3. The van der Waals surface area contributed by atoms with Crippen molar-refractivity contribution in [3.8, 4) is 11.4 Å². The van der Waals surface area contributed by atoms with Gasteiger partial charge in [-0.3, -0.25) is 4.79 Å². The zero-order chi connectivity index (χ0) is 16.9. The standard InChI is InChI=1S/C16H16N4O2S2/c1-3-11-8-9-15(24-11)13(21)10-23-16-17-18-19-20(16)12-6-4-5-7-14(12)22-2/h4-9H,3,10H2,1-2H3. The Kier molecular flexibility index (Phi) is 5.27. The predicted molar refractivity (Wildman–Crippen MR) is 94.5 cm³/mol. The van der Waals surface area contributed by atoms with Gasteiger partial charge in [-0.1, -0.05) is 30.8 Å². The number of hydrogen-bond acceptors (Lipinski definition) is 7. The van der Waals surface area contributed by atoms with E-state index < -0.39 is 0 Å². The van der Waals surface area contributed by atoms with Crippen LogP contribution in [0.3, 0.4) is 0 Å². The van der Waals surface area contributed by atoms with Gasteiger partial charge in [0.25, 0.3) is 0 Å². The van der Waals surface area contributed by atoms with Crippen LogP contribution >= 0.6 is 23.1 Å². The van der Waals surface area contributed by atoms with Crippen LogP contribution in [0.4, 0.5) is 0 Å². The summed E-state index contributed by atoms with van der Waals surface area (Å²) in [5.41, 5.74) is 0.740. The van der Waals surface area contributed by atoms with Crippen LogP contribution in [0, 0.1) is 0 Å². The second-order valence-corrected chi connectivity index (χ2v) is 6.99. The van der Waals surface area contributed by atoms with Gasteiger partial charge in [-0.15, -0.1) is 16.4 Å². The third-order valence-electron chi connectivity index (χ3n) is 3.37. The Balaban J connectivity index is 1.75. The lowest BCUT2D eigenvalue weighted by Gasteiger charge is -2.08. The minimum absolute atomic E-state index is 0.0827. The number of rotatable bonds is 7. The van der Waals surface area contributed by atoms with Crippen LogP contribution in [0.25, 0.3) is 5.69 Å². The number of nitrogens with zero attached hydrogens (tertiary/aromatic N) is 4. The van der Waals surface area contributed by atoms with Crippen molar-refractivity contribution in [2.45, 2.75) is 18.5 Å². The van der Waals surface area contributed by atoms with E-state index in [0.717, 1.165) is 17.0 Å². The summed E-state index contributed by atoms with van der Waals surface area (Å²) in [4.78, 5) is 14.3. The highest BCUT2D eigenvalue weighted by Gasteiger charge is 2.16. The first-order valence-electron chi connectivity index (χ1n) is 7.39. The lowest BCUT2D eigenvalue weighted by molar-refractivity contribution is 0.102. The molecule has 124 valence electrons. The van der Waals surface area contributed by atoms with E-state index in [1.165, 1.54) is 16.6 Å². The molecule has 0 fully saturated rings. The van der Waals surface area contributed by atoms with E-state index in [1.807, 2.05) is 36.4 Å². The molecule has 0 aliphatic carbocycles. The SMILES string of the molecule is CCc1ccc(C(=O)CSc2nnnn2-c2ccccc2OC)s1. The summed E-state index contributed by atoms with van der Waals surface area (Å²) in [6, 6.07) is 11.4. The maximum Gasteiger partial charge on any atom is 0.214 e. The number of aromatic nitrogens is 4. The Bertz CT molecular complexity index is 844. The van der Waals surface area contributed by atoms with Crippen LogP contribution in [0.15, 0.2) is 41.6 Å². The third kappa shape index (κ3) is 3.49. The Morgan fingerprint density at radius 3 is 2.88 bits per heavy atom. The molecule has 0 atom stereocenters. The van der Waals surface area contributed by atoms with Gasteiger partial charge in [-0.05, 0) is 41.1 Å². The van der Waals surface area contributed by atoms with E-state index in [-0.39, 0.29) is 5.78 Å². The van der Waals surface area contributed by atoms with Crippen molar-refractivity contribution in [1.29, 1.82) is 0 Å². The van der Waals surface area contributed by atoms with Crippen molar-refractivity contribution in [2.75, 3.05) is 12.9 Å². The van der Waals surface area contributed by atoms with E-state index in [9.17, 15) is 4.79 Å². The number of Topliss-reactive ketones (excluding diaryl/α,β-unsaturated/α-hetero) is 1. The fourth-order valence-corrected chi connectivity index (χ4v) is 3.89. The molecule has 3 aromatic rings. The van der Waals surface area contributed by atoms with Gasteiger partial charge in [0.2, 0.25) is 5.16 Å². The minimum atomic E-state index is 0.0827. The summed E-state index contributed by atoms with van der Waals surface area (Å²) in [6.45, 7) is 2.08. The molecular formula is C16H16N4O2S2. The van der Waals surface area contributed by atoms with Crippen molar-refractivity contribution in [3.05, 3.63) is 46.2 Å². The molecule has 0 unspecified atom stereocenters. The topological polar surface area (TPSA) is 69.9 Å². The fourth-order valence-electron chi connectivity index (χ4n) is 2.14. The Morgan fingerprint density at radius 1 is 1.29 bits per heavy atom. The first-order chi connectivity index (χ1) is 11.7. The number of methoxy groups -OCH3 is 1. The number of ether oxygens (including phenoxy) is 1. The molecule has 0 bridgehead atoms. The maximum atomic E-state index is 12.3. The summed E-state index contributed by atoms with van der Waals surface area (Å²) < 4.78 is 6.93. The zero-order valence-electron chi connectivity index (χ0n) is 13.3. The summed E-state index contributed by atoms with van der Waals surface area (Å²) in [6.07, 6.45) is 0.942. The molecule has 0 spiro atoms.